The van der Waals surface area contributed by atoms with Gasteiger partial charge in [0.1, 0.15) is 19.2 Å². The first-order chi connectivity index (χ1) is 8.48. The van der Waals surface area contributed by atoms with Crippen LogP contribution in [-0.2, 0) is 0 Å². The van der Waals surface area contributed by atoms with Gasteiger partial charge in [0.2, 0.25) is 0 Å². The van der Waals surface area contributed by atoms with Crippen molar-refractivity contribution in [3.05, 3.63) is 12.7 Å². The molecule has 0 radical (unpaired) electrons. The van der Waals surface area contributed by atoms with Crippen LogP contribution >= 0.6 is 0 Å². The van der Waals surface area contributed by atoms with Crippen molar-refractivity contribution in [2.45, 2.75) is 12.3 Å². The van der Waals surface area contributed by atoms with Gasteiger partial charge in [-0.3, -0.25) is 9.38 Å². The normalized spacial score (nSPS) is 15.7. The Labute approximate surface area is 109 Å². The standard InChI is InChI=1S/C12H27N2O4/c1-4-5-14(6-8-15,7-9-16)12(13(2)3)11(18)10-17/h4,11-12,15-18H,1,5-10H2,2-3H3/q+1. The van der Waals surface area contributed by atoms with Gasteiger partial charge in [-0.1, -0.05) is 6.58 Å². The smallest absolute Gasteiger partial charge is 0.174 e. The van der Waals surface area contributed by atoms with E-state index in [9.17, 15) is 20.4 Å². The molecule has 0 fully saturated rings. The average molecular weight is 263 g/mol. The molecule has 0 rings (SSSR count). The third kappa shape index (κ3) is 4.31. The van der Waals surface area contributed by atoms with E-state index in [1.54, 1.807) is 25.1 Å². The predicted molar refractivity (Wildman–Crippen MR) is 69.8 cm³/mol. The maximum absolute atomic E-state index is 10.00. The molecule has 0 heterocycles. The largest absolute Gasteiger partial charge is 0.393 e. The van der Waals surface area contributed by atoms with E-state index in [1.807, 2.05) is 0 Å². The summed E-state index contributed by atoms with van der Waals surface area (Å²) in [5.74, 6) is 0. The highest BCUT2D eigenvalue weighted by Gasteiger charge is 2.41. The van der Waals surface area contributed by atoms with Gasteiger partial charge in [-0.05, 0) is 20.2 Å². The quantitative estimate of drug-likeness (QED) is 0.213. The van der Waals surface area contributed by atoms with Crippen molar-refractivity contribution in [3.63, 3.8) is 0 Å². The zero-order chi connectivity index (χ0) is 14.2. The van der Waals surface area contributed by atoms with Crippen molar-refractivity contribution in [1.82, 2.24) is 4.90 Å². The molecular formula is C12H27N2O4+. The fourth-order valence-corrected chi connectivity index (χ4v) is 2.62. The molecule has 0 aromatic carbocycles. The average Bonchev–Trinajstić information content (AvgIpc) is 2.29. The fraction of sp³-hybridized carbons (Fsp3) is 0.833. The zero-order valence-corrected chi connectivity index (χ0v) is 11.4. The monoisotopic (exact) mass is 263 g/mol. The maximum Gasteiger partial charge on any atom is 0.174 e. The molecule has 0 saturated carbocycles. The molecule has 0 aromatic heterocycles. The summed E-state index contributed by atoms with van der Waals surface area (Å²) in [7, 11) is 3.60. The molecule has 108 valence electrons. The Balaban J connectivity index is 5.34. The van der Waals surface area contributed by atoms with Crippen LogP contribution in [0.3, 0.4) is 0 Å². The van der Waals surface area contributed by atoms with E-state index >= 15 is 0 Å². The third-order valence-electron chi connectivity index (χ3n) is 3.20. The van der Waals surface area contributed by atoms with Crippen LogP contribution < -0.4 is 0 Å². The molecule has 6 nitrogen and oxygen atoms in total. The number of hydrogen-bond donors (Lipinski definition) is 4. The van der Waals surface area contributed by atoms with E-state index in [1.165, 1.54) is 0 Å². The minimum Gasteiger partial charge on any atom is -0.393 e. The van der Waals surface area contributed by atoms with Crippen LogP contribution in [0.2, 0.25) is 0 Å². The second-order valence-electron chi connectivity index (χ2n) is 4.71. The Morgan fingerprint density at radius 2 is 1.67 bits per heavy atom. The minimum atomic E-state index is -0.946. The van der Waals surface area contributed by atoms with Crippen LogP contribution in [0.15, 0.2) is 12.7 Å². The molecule has 0 saturated heterocycles. The zero-order valence-electron chi connectivity index (χ0n) is 11.4. The van der Waals surface area contributed by atoms with Gasteiger partial charge in [0, 0.05) is 0 Å². The van der Waals surface area contributed by atoms with E-state index in [0.29, 0.717) is 19.6 Å². The molecule has 4 N–H and O–H groups in total. The van der Waals surface area contributed by atoms with Crippen LogP contribution in [0.1, 0.15) is 0 Å². The Hall–Kier alpha value is -0.500. The predicted octanol–water partition coefficient (Wildman–Crippen LogP) is -1.79. The number of likely N-dealkylation sites (N-methyl/N-ethyl adjacent to an activating group) is 1. The third-order valence-corrected chi connectivity index (χ3v) is 3.20. The fourth-order valence-electron chi connectivity index (χ4n) is 2.62. The van der Waals surface area contributed by atoms with Crippen LogP contribution in [0.4, 0.5) is 0 Å². The molecule has 0 aliphatic rings. The van der Waals surface area contributed by atoms with Crippen molar-refractivity contribution >= 4 is 0 Å². The van der Waals surface area contributed by atoms with Gasteiger partial charge in [0.15, 0.2) is 6.17 Å². The van der Waals surface area contributed by atoms with Crippen molar-refractivity contribution in [3.8, 4) is 0 Å². The van der Waals surface area contributed by atoms with Crippen LogP contribution in [0.25, 0.3) is 0 Å². The number of hydrogen-bond acceptors (Lipinski definition) is 5. The number of nitrogens with zero attached hydrogens (tertiary/aromatic N) is 2. The first kappa shape index (κ1) is 17.5. The lowest BCUT2D eigenvalue weighted by molar-refractivity contribution is -0.960. The number of aliphatic hydroxyl groups excluding tert-OH is 4. The summed E-state index contributed by atoms with van der Waals surface area (Å²) in [6.45, 7) is 4.48. The lowest BCUT2D eigenvalue weighted by atomic mass is 10.1. The van der Waals surface area contributed by atoms with Gasteiger partial charge in [0.25, 0.3) is 0 Å². The lowest BCUT2D eigenvalue weighted by Crippen LogP contribution is -2.67. The summed E-state index contributed by atoms with van der Waals surface area (Å²) < 4.78 is 0.269. The van der Waals surface area contributed by atoms with Crippen LogP contribution in [-0.4, -0.2) is 95.6 Å². The summed E-state index contributed by atoms with van der Waals surface area (Å²) in [5.41, 5.74) is 0. The molecule has 0 amide bonds. The first-order valence-corrected chi connectivity index (χ1v) is 6.12. The molecule has 18 heavy (non-hydrogen) atoms. The summed E-state index contributed by atoms with van der Waals surface area (Å²) >= 11 is 0. The number of quaternary nitrogens is 1. The van der Waals surface area contributed by atoms with Gasteiger partial charge in [0.05, 0.1) is 26.4 Å². The first-order valence-electron chi connectivity index (χ1n) is 6.12. The van der Waals surface area contributed by atoms with Crippen molar-refractivity contribution in [2.24, 2.45) is 0 Å². The topological polar surface area (TPSA) is 84.2 Å². The highest BCUT2D eigenvalue weighted by atomic mass is 16.3. The van der Waals surface area contributed by atoms with Crippen LogP contribution in [0, 0.1) is 0 Å². The van der Waals surface area contributed by atoms with Gasteiger partial charge in [-0.15, -0.1) is 0 Å². The number of rotatable bonds is 10. The van der Waals surface area contributed by atoms with E-state index < -0.39 is 12.3 Å². The highest BCUT2D eigenvalue weighted by molar-refractivity contribution is 4.74. The highest BCUT2D eigenvalue weighted by Crippen LogP contribution is 2.19. The minimum absolute atomic E-state index is 0.0592. The number of aliphatic hydroxyl groups is 4. The van der Waals surface area contributed by atoms with Gasteiger partial charge >= 0.3 is 0 Å². The lowest BCUT2D eigenvalue weighted by Gasteiger charge is -2.47. The summed E-state index contributed by atoms with van der Waals surface area (Å²) in [6.07, 6.45) is 0.344. The van der Waals surface area contributed by atoms with E-state index in [4.69, 9.17) is 0 Å². The Bertz CT molecular complexity index is 230. The van der Waals surface area contributed by atoms with Gasteiger partial charge in [-0.25, -0.2) is 0 Å². The molecule has 6 heteroatoms. The summed E-state index contributed by atoms with van der Waals surface area (Å²) in [5, 5.41) is 37.7. The Morgan fingerprint density at radius 3 is 1.94 bits per heavy atom. The van der Waals surface area contributed by atoms with Crippen molar-refractivity contribution in [2.75, 3.05) is 53.6 Å². The van der Waals surface area contributed by atoms with Gasteiger partial charge < -0.3 is 20.4 Å². The maximum atomic E-state index is 10.00. The van der Waals surface area contributed by atoms with E-state index in [2.05, 4.69) is 6.58 Å². The molecular weight excluding hydrogens is 236 g/mol. The van der Waals surface area contributed by atoms with E-state index in [-0.39, 0.29) is 24.3 Å². The molecule has 0 aromatic rings. The summed E-state index contributed by atoms with van der Waals surface area (Å²) in [4.78, 5) is 1.80. The second kappa shape index (κ2) is 8.58. The van der Waals surface area contributed by atoms with E-state index in [0.717, 1.165) is 0 Å². The SMILES string of the molecule is C=CC[N+](CCO)(CCO)C(C(O)CO)N(C)C. The molecule has 0 aliphatic heterocycles. The molecule has 0 bridgehead atoms. The molecule has 2 atom stereocenters. The summed E-state index contributed by atoms with van der Waals surface area (Å²) in [6, 6.07) is 0. The Morgan fingerprint density at radius 1 is 1.17 bits per heavy atom. The van der Waals surface area contributed by atoms with Crippen molar-refractivity contribution in [1.29, 1.82) is 0 Å². The molecule has 2 unspecified atom stereocenters. The molecule has 0 aliphatic carbocycles. The van der Waals surface area contributed by atoms with Gasteiger partial charge in [-0.2, -0.15) is 0 Å². The van der Waals surface area contributed by atoms with Crippen LogP contribution in [0.5, 0.6) is 0 Å². The molecule has 0 spiro atoms. The van der Waals surface area contributed by atoms with Crippen molar-refractivity contribution < 1.29 is 24.9 Å². The second-order valence-corrected chi connectivity index (χ2v) is 4.71. The Kier molecular flexibility index (Phi) is 8.34.